The molecule has 148 valence electrons. The second-order valence-corrected chi connectivity index (χ2v) is 7.27. The van der Waals surface area contributed by atoms with Crippen molar-refractivity contribution in [2.75, 3.05) is 26.7 Å². The number of hydrogen-bond donors (Lipinski definition) is 1. The fourth-order valence-electron chi connectivity index (χ4n) is 3.96. The zero-order chi connectivity index (χ0) is 19.7. The number of alkyl halides is 3. The Hall–Kier alpha value is -2.09. The van der Waals surface area contributed by atoms with Crippen molar-refractivity contribution in [1.29, 1.82) is 0 Å². The van der Waals surface area contributed by atoms with Crippen LogP contribution in [0.25, 0.3) is 0 Å². The zero-order valence-corrected chi connectivity index (χ0v) is 15.1. The summed E-state index contributed by atoms with van der Waals surface area (Å²) < 4.78 is 44.7. The molecule has 1 aliphatic carbocycles. The molecule has 2 fully saturated rings. The number of esters is 1. The highest BCUT2D eigenvalue weighted by atomic mass is 19.4. The second kappa shape index (κ2) is 7.50. The zero-order valence-electron chi connectivity index (χ0n) is 15.1. The van der Waals surface area contributed by atoms with Crippen LogP contribution in [0.15, 0.2) is 30.3 Å². The molecule has 2 aliphatic rings. The van der Waals surface area contributed by atoms with Crippen molar-refractivity contribution in [1.82, 2.24) is 10.2 Å². The van der Waals surface area contributed by atoms with Gasteiger partial charge in [0.2, 0.25) is 0 Å². The van der Waals surface area contributed by atoms with Gasteiger partial charge < -0.3 is 15.0 Å². The molecule has 0 aromatic heterocycles. The van der Waals surface area contributed by atoms with Gasteiger partial charge in [0, 0.05) is 18.5 Å². The summed E-state index contributed by atoms with van der Waals surface area (Å²) in [5.74, 6) is -2.58. The number of rotatable bonds is 5. The average Bonchev–Trinajstić information content (AvgIpc) is 3.46. The van der Waals surface area contributed by atoms with E-state index in [4.69, 9.17) is 4.74 Å². The average molecular weight is 384 g/mol. The SMILES string of the molecule is COC(=O)C1(CN(C(=O)C(F)(F)F)[C@@H]2C[C@H]2c2ccccc2)CCNCC1. The van der Waals surface area contributed by atoms with Gasteiger partial charge in [0.15, 0.2) is 0 Å². The number of benzene rings is 1. The van der Waals surface area contributed by atoms with E-state index < -0.39 is 29.5 Å². The molecule has 1 heterocycles. The Morgan fingerprint density at radius 1 is 1.22 bits per heavy atom. The van der Waals surface area contributed by atoms with Crippen LogP contribution < -0.4 is 5.32 Å². The van der Waals surface area contributed by atoms with Gasteiger partial charge in [-0.15, -0.1) is 0 Å². The third kappa shape index (κ3) is 4.10. The number of ether oxygens (including phenoxy) is 1. The van der Waals surface area contributed by atoms with Gasteiger partial charge in [-0.1, -0.05) is 30.3 Å². The quantitative estimate of drug-likeness (QED) is 0.793. The minimum Gasteiger partial charge on any atom is -0.469 e. The van der Waals surface area contributed by atoms with Crippen LogP contribution in [-0.2, 0) is 14.3 Å². The van der Waals surface area contributed by atoms with E-state index in [-0.39, 0.29) is 12.5 Å². The van der Waals surface area contributed by atoms with Gasteiger partial charge >= 0.3 is 18.1 Å². The Morgan fingerprint density at radius 3 is 2.41 bits per heavy atom. The second-order valence-electron chi connectivity index (χ2n) is 7.27. The molecule has 1 amide bonds. The molecule has 27 heavy (non-hydrogen) atoms. The van der Waals surface area contributed by atoms with Crippen LogP contribution in [0.3, 0.4) is 0 Å². The number of halogens is 3. The van der Waals surface area contributed by atoms with Crippen molar-refractivity contribution in [3.63, 3.8) is 0 Å². The van der Waals surface area contributed by atoms with E-state index in [1.165, 1.54) is 7.11 Å². The van der Waals surface area contributed by atoms with Crippen LogP contribution in [0.4, 0.5) is 13.2 Å². The van der Waals surface area contributed by atoms with E-state index in [9.17, 15) is 22.8 Å². The number of hydrogen-bond acceptors (Lipinski definition) is 4. The van der Waals surface area contributed by atoms with E-state index in [1.54, 1.807) is 0 Å². The van der Waals surface area contributed by atoms with Crippen LogP contribution in [-0.4, -0.2) is 55.7 Å². The summed E-state index contributed by atoms with van der Waals surface area (Å²) >= 11 is 0. The first kappa shape index (κ1) is 19.7. The molecule has 0 radical (unpaired) electrons. The predicted molar refractivity (Wildman–Crippen MR) is 91.9 cm³/mol. The molecule has 8 heteroatoms. The Morgan fingerprint density at radius 2 is 1.85 bits per heavy atom. The van der Waals surface area contributed by atoms with Crippen molar-refractivity contribution in [3.8, 4) is 0 Å². The van der Waals surface area contributed by atoms with Gasteiger partial charge in [0.1, 0.15) is 0 Å². The minimum atomic E-state index is -4.98. The molecule has 1 aromatic carbocycles. The summed E-state index contributed by atoms with van der Waals surface area (Å²) in [4.78, 5) is 25.5. The molecule has 2 atom stereocenters. The van der Waals surface area contributed by atoms with Crippen molar-refractivity contribution in [3.05, 3.63) is 35.9 Å². The standard InChI is InChI=1S/C19H23F3N2O3/c1-27-17(26)18(7-9-23-10-8-18)12-24(16(25)19(20,21)22)15-11-14(15)13-5-3-2-4-6-13/h2-6,14-15,23H,7-12H2,1H3/t14-,15+/m0/s1. The molecule has 3 rings (SSSR count). The molecule has 1 saturated carbocycles. The normalized spacial score (nSPS) is 24.1. The first-order chi connectivity index (χ1) is 12.8. The largest absolute Gasteiger partial charge is 0.471 e. The summed E-state index contributed by atoms with van der Waals surface area (Å²) in [6.07, 6.45) is -3.84. The van der Waals surface area contributed by atoms with E-state index in [1.807, 2.05) is 30.3 Å². The van der Waals surface area contributed by atoms with Crippen molar-refractivity contribution in [2.24, 2.45) is 5.41 Å². The van der Waals surface area contributed by atoms with Crippen LogP contribution in [0.5, 0.6) is 0 Å². The molecule has 0 unspecified atom stereocenters. The number of amides is 1. The van der Waals surface area contributed by atoms with E-state index in [2.05, 4.69) is 5.32 Å². The predicted octanol–water partition coefficient (Wildman–Crippen LogP) is 2.48. The molecule has 0 spiro atoms. The fourth-order valence-corrected chi connectivity index (χ4v) is 3.96. The highest BCUT2D eigenvalue weighted by molar-refractivity contribution is 5.84. The fraction of sp³-hybridized carbons (Fsp3) is 0.579. The summed E-state index contributed by atoms with van der Waals surface area (Å²) in [5, 5.41) is 3.10. The maximum Gasteiger partial charge on any atom is 0.471 e. The minimum absolute atomic E-state index is 0.145. The van der Waals surface area contributed by atoms with Gasteiger partial charge in [-0.3, -0.25) is 9.59 Å². The van der Waals surface area contributed by atoms with Crippen molar-refractivity contribution >= 4 is 11.9 Å². The third-order valence-corrected chi connectivity index (χ3v) is 5.54. The molecular formula is C19H23F3N2O3. The molecule has 1 aromatic rings. The maximum atomic E-state index is 13.3. The molecule has 0 bridgehead atoms. The molecule has 1 N–H and O–H groups in total. The number of carbonyl (C=O) groups is 2. The molecule has 1 saturated heterocycles. The summed E-state index contributed by atoms with van der Waals surface area (Å²) in [6.45, 7) is 0.722. The smallest absolute Gasteiger partial charge is 0.469 e. The Labute approximate surface area is 155 Å². The van der Waals surface area contributed by atoms with E-state index >= 15 is 0 Å². The van der Waals surface area contributed by atoms with Gasteiger partial charge in [-0.25, -0.2) is 0 Å². The van der Waals surface area contributed by atoms with Crippen molar-refractivity contribution < 1.29 is 27.5 Å². The Bertz CT molecular complexity index is 687. The maximum absolute atomic E-state index is 13.3. The number of nitrogens with one attached hydrogen (secondary N) is 1. The van der Waals surface area contributed by atoms with Gasteiger partial charge in [-0.05, 0) is 37.9 Å². The van der Waals surface area contributed by atoms with Gasteiger partial charge in [-0.2, -0.15) is 13.2 Å². The lowest BCUT2D eigenvalue weighted by Gasteiger charge is -2.39. The molecule has 1 aliphatic heterocycles. The summed E-state index contributed by atoms with van der Waals surface area (Å²) in [5.41, 5.74) is -0.204. The topological polar surface area (TPSA) is 58.6 Å². The summed E-state index contributed by atoms with van der Waals surface area (Å²) in [7, 11) is 1.23. The Kier molecular flexibility index (Phi) is 5.46. The highest BCUT2D eigenvalue weighted by Crippen LogP contribution is 2.47. The number of nitrogens with zero attached hydrogens (tertiary/aromatic N) is 1. The first-order valence-electron chi connectivity index (χ1n) is 9.00. The molecular weight excluding hydrogens is 361 g/mol. The monoisotopic (exact) mass is 384 g/mol. The first-order valence-corrected chi connectivity index (χ1v) is 9.00. The van der Waals surface area contributed by atoms with Crippen molar-refractivity contribution in [2.45, 2.75) is 37.4 Å². The highest BCUT2D eigenvalue weighted by Gasteiger charge is 2.55. The third-order valence-electron chi connectivity index (χ3n) is 5.54. The van der Waals surface area contributed by atoms with E-state index in [0.717, 1.165) is 10.5 Å². The lowest BCUT2D eigenvalue weighted by atomic mass is 9.78. The number of piperidine rings is 1. The van der Waals surface area contributed by atoms with Gasteiger partial charge in [0.25, 0.3) is 0 Å². The van der Waals surface area contributed by atoms with E-state index in [0.29, 0.717) is 32.4 Å². The Balaban J connectivity index is 1.86. The van der Waals surface area contributed by atoms with Crippen LogP contribution in [0.2, 0.25) is 0 Å². The lowest BCUT2D eigenvalue weighted by molar-refractivity contribution is -0.189. The lowest BCUT2D eigenvalue weighted by Crippen LogP contribution is -2.54. The summed E-state index contributed by atoms with van der Waals surface area (Å²) in [6, 6.07) is 8.62. The van der Waals surface area contributed by atoms with Crippen LogP contribution in [0.1, 0.15) is 30.7 Å². The number of carbonyl (C=O) groups excluding carboxylic acids is 2. The molecule has 5 nitrogen and oxygen atoms in total. The van der Waals surface area contributed by atoms with Gasteiger partial charge in [0.05, 0.1) is 12.5 Å². The van der Waals surface area contributed by atoms with Crippen LogP contribution >= 0.6 is 0 Å². The number of methoxy groups -OCH3 is 1. The van der Waals surface area contributed by atoms with Crippen LogP contribution in [0, 0.1) is 5.41 Å².